The molecule has 188 valence electrons. The second-order valence-electron chi connectivity index (χ2n) is 9.61. The van der Waals surface area contributed by atoms with Crippen molar-refractivity contribution in [3.8, 4) is 43.7 Å². The highest BCUT2D eigenvalue weighted by Gasteiger charge is 2.12. The maximum atomic E-state index is 4.69. The molecule has 0 saturated heterocycles. The van der Waals surface area contributed by atoms with Crippen molar-refractivity contribution in [3.63, 3.8) is 0 Å². The summed E-state index contributed by atoms with van der Waals surface area (Å²) >= 11 is 3.20. The SMILES string of the molecule is c1ccc2c(c1)c1cc(-c3ccc(-c4nccs4)nc3)ccc1c1ccc(-c3ccc(-c4nccs4)nc3)cc21. The smallest absolute Gasteiger partial charge is 0.141 e. The van der Waals surface area contributed by atoms with Gasteiger partial charge in [-0.15, -0.1) is 22.7 Å². The Morgan fingerprint density at radius 3 is 1.25 bits per heavy atom. The highest BCUT2D eigenvalue weighted by Crippen LogP contribution is 2.39. The summed E-state index contributed by atoms with van der Waals surface area (Å²) in [5.74, 6) is 0. The minimum Gasteiger partial charge on any atom is -0.253 e. The summed E-state index contributed by atoms with van der Waals surface area (Å²) in [4.78, 5) is 18.1. The molecule has 0 aliphatic heterocycles. The van der Waals surface area contributed by atoms with E-state index in [1.807, 2.05) is 35.5 Å². The van der Waals surface area contributed by atoms with Gasteiger partial charge in [0.25, 0.3) is 0 Å². The van der Waals surface area contributed by atoms with Crippen molar-refractivity contribution in [1.29, 1.82) is 0 Å². The maximum absolute atomic E-state index is 4.69. The Morgan fingerprint density at radius 1 is 0.400 bits per heavy atom. The van der Waals surface area contributed by atoms with Crippen molar-refractivity contribution >= 4 is 55.0 Å². The van der Waals surface area contributed by atoms with Gasteiger partial charge in [0.2, 0.25) is 0 Å². The fourth-order valence-corrected chi connectivity index (χ4v) is 6.63. The lowest BCUT2D eigenvalue weighted by molar-refractivity contribution is 1.29. The number of thiazole rings is 2. The molecule has 4 aromatic carbocycles. The summed E-state index contributed by atoms with van der Waals surface area (Å²) in [6, 6.07) is 30.6. The predicted molar refractivity (Wildman–Crippen MR) is 168 cm³/mol. The third-order valence-electron chi connectivity index (χ3n) is 7.33. The highest BCUT2D eigenvalue weighted by atomic mass is 32.1. The van der Waals surface area contributed by atoms with Gasteiger partial charge < -0.3 is 0 Å². The molecule has 0 aliphatic rings. The molecule has 0 saturated carbocycles. The van der Waals surface area contributed by atoms with Gasteiger partial charge in [-0.1, -0.05) is 60.7 Å². The zero-order chi connectivity index (χ0) is 26.5. The van der Waals surface area contributed by atoms with E-state index in [9.17, 15) is 0 Å². The first kappa shape index (κ1) is 23.1. The number of hydrogen-bond acceptors (Lipinski definition) is 6. The second-order valence-corrected chi connectivity index (χ2v) is 11.4. The zero-order valence-corrected chi connectivity index (χ0v) is 22.8. The summed E-state index contributed by atoms with van der Waals surface area (Å²) in [6.07, 6.45) is 7.52. The number of aromatic nitrogens is 4. The van der Waals surface area contributed by atoms with Crippen LogP contribution in [0.15, 0.2) is 120 Å². The van der Waals surface area contributed by atoms with E-state index in [0.717, 1.165) is 43.7 Å². The van der Waals surface area contributed by atoms with Crippen LogP contribution >= 0.6 is 22.7 Å². The third-order valence-corrected chi connectivity index (χ3v) is 8.92. The van der Waals surface area contributed by atoms with Crippen molar-refractivity contribution in [2.24, 2.45) is 0 Å². The van der Waals surface area contributed by atoms with Crippen LogP contribution in [0.4, 0.5) is 0 Å². The fourth-order valence-electron chi connectivity index (χ4n) is 5.40. The summed E-state index contributed by atoms with van der Waals surface area (Å²) in [5.41, 5.74) is 6.29. The van der Waals surface area contributed by atoms with Crippen LogP contribution < -0.4 is 0 Å². The molecule has 4 aromatic heterocycles. The summed E-state index contributed by atoms with van der Waals surface area (Å²) in [7, 11) is 0. The normalized spacial score (nSPS) is 11.5. The molecule has 8 aromatic rings. The number of hydrogen-bond donors (Lipinski definition) is 0. The topological polar surface area (TPSA) is 51.6 Å². The Kier molecular flexibility index (Phi) is 5.47. The zero-order valence-electron chi connectivity index (χ0n) is 21.2. The van der Waals surface area contributed by atoms with Crippen molar-refractivity contribution in [2.45, 2.75) is 0 Å². The molecular formula is C34H20N4S2. The van der Waals surface area contributed by atoms with Crippen LogP contribution in [0.3, 0.4) is 0 Å². The number of benzene rings is 4. The molecular weight excluding hydrogens is 529 g/mol. The van der Waals surface area contributed by atoms with Gasteiger partial charge >= 0.3 is 0 Å². The molecule has 0 N–H and O–H groups in total. The summed E-state index contributed by atoms with van der Waals surface area (Å²) in [5, 5.41) is 13.3. The van der Waals surface area contributed by atoms with E-state index < -0.39 is 0 Å². The first-order valence-electron chi connectivity index (χ1n) is 12.9. The van der Waals surface area contributed by atoms with E-state index in [1.54, 1.807) is 22.7 Å². The van der Waals surface area contributed by atoms with Gasteiger partial charge in [0, 0.05) is 46.7 Å². The Morgan fingerprint density at radius 2 is 0.850 bits per heavy atom. The average molecular weight is 549 g/mol. The largest absolute Gasteiger partial charge is 0.253 e. The van der Waals surface area contributed by atoms with Gasteiger partial charge in [-0.25, -0.2) is 9.97 Å². The van der Waals surface area contributed by atoms with Gasteiger partial charge in [-0.05, 0) is 67.7 Å². The number of nitrogens with zero attached hydrogens (tertiary/aromatic N) is 4. The number of rotatable bonds is 4. The maximum Gasteiger partial charge on any atom is 0.141 e. The molecule has 0 fully saturated rings. The van der Waals surface area contributed by atoms with Crippen molar-refractivity contribution in [1.82, 2.24) is 19.9 Å². The Hall–Kier alpha value is -4.78. The predicted octanol–water partition coefficient (Wildman–Crippen LogP) is 9.52. The van der Waals surface area contributed by atoms with Gasteiger partial charge in [0.05, 0.1) is 11.4 Å². The van der Waals surface area contributed by atoms with E-state index in [0.29, 0.717) is 0 Å². The third kappa shape index (κ3) is 3.88. The van der Waals surface area contributed by atoms with E-state index in [4.69, 9.17) is 0 Å². The molecule has 0 amide bonds. The van der Waals surface area contributed by atoms with Crippen molar-refractivity contribution in [2.75, 3.05) is 0 Å². The first-order chi connectivity index (χ1) is 19.8. The summed E-state index contributed by atoms with van der Waals surface area (Å²) in [6.45, 7) is 0. The highest BCUT2D eigenvalue weighted by molar-refractivity contribution is 7.13. The summed E-state index contributed by atoms with van der Waals surface area (Å²) < 4.78 is 0. The molecule has 0 atom stereocenters. The van der Waals surface area contributed by atoms with E-state index in [1.165, 1.54) is 32.3 Å². The van der Waals surface area contributed by atoms with Crippen molar-refractivity contribution in [3.05, 3.63) is 120 Å². The molecule has 4 heterocycles. The molecule has 0 spiro atoms. The minimum atomic E-state index is 0.903. The lowest BCUT2D eigenvalue weighted by Crippen LogP contribution is -1.88. The van der Waals surface area contributed by atoms with Crippen LogP contribution in [-0.2, 0) is 0 Å². The molecule has 4 nitrogen and oxygen atoms in total. The lowest BCUT2D eigenvalue weighted by atomic mass is 9.90. The van der Waals surface area contributed by atoms with Crippen LogP contribution in [0, 0.1) is 0 Å². The van der Waals surface area contributed by atoms with Crippen LogP contribution in [-0.4, -0.2) is 19.9 Å². The van der Waals surface area contributed by atoms with Gasteiger partial charge in [0.1, 0.15) is 10.0 Å². The minimum absolute atomic E-state index is 0.903. The number of fused-ring (bicyclic) bond motifs is 6. The molecule has 0 radical (unpaired) electrons. The average Bonchev–Trinajstić information content (AvgIpc) is 3.77. The van der Waals surface area contributed by atoms with Crippen LogP contribution in [0.25, 0.3) is 76.0 Å². The van der Waals surface area contributed by atoms with Gasteiger partial charge in [0.15, 0.2) is 0 Å². The van der Waals surface area contributed by atoms with Crippen LogP contribution in [0.5, 0.6) is 0 Å². The number of pyridine rings is 2. The Labute approximate surface area is 238 Å². The Balaban J connectivity index is 1.25. The lowest BCUT2D eigenvalue weighted by Gasteiger charge is -2.13. The van der Waals surface area contributed by atoms with Gasteiger partial charge in [-0.3, -0.25) is 9.97 Å². The molecule has 0 bridgehead atoms. The van der Waals surface area contributed by atoms with Crippen LogP contribution in [0.2, 0.25) is 0 Å². The quantitative estimate of drug-likeness (QED) is 0.206. The van der Waals surface area contributed by atoms with Gasteiger partial charge in [-0.2, -0.15) is 0 Å². The second kappa shape index (κ2) is 9.45. The molecule has 8 rings (SSSR count). The van der Waals surface area contributed by atoms with Crippen molar-refractivity contribution < 1.29 is 0 Å². The molecule has 40 heavy (non-hydrogen) atoms. The first-order valence-corrected chi connectivity index (χ1v) is 14.7. The van der Waals surface area contributed by atoms with E-state index in [-0.39, 0.29) is 0 Å². The fraction of sp³-hybridized carbons (Fsp3) is 0. The molecule has 0 unspecified atom stereocenters. The standard InChI is InChI=1S/C34H20N4S2/c1-2-4-26-25(3-1)29-17-21(23-7-11-31(37-19-23)33-35-13-15-39-33)5-9-27(29)28-10-6-22(18-30(26)28)24-8-12-32(38-20-24)34-36-14-16-40-34/h1-20H. The molecule has 6 heteroatoms. The molecule has 0 aliphatic carbocycles. The Bertz CT molecular complexity index is 1960. The van der Waals surface area contributed by atoms with E-state index in [2.05, 4.69) is 105 Å². The van der Waals surface area contributed by atoms with E-state index >= 15 is 0 Å². The monoisotopic (exact) mass is 548 g/mol. The van der Waals surface area contributed by atoms with Crippen LogP contribution in [0.1, 0.15) is 0 Å².